The molecule has 10 heteroatoms. The summed E-state index contributed by atoms with van der Waals surface area (Å²) in [6, 6.07) is 15.3. The van der Waals surface area contributed by atoms with Crippen LogP contribution < -0.4 is 10.6 Å². The van der Waals surface area contributed by atoms with E-state index in [9.17, 15) is 19.3 Å². The minimum Gasteiger partial charge on any atom is -0.611 e. The number of halogens is 1. The van der Waals surface area contributed by atoms with E-state index in [4.69, 9.17) is 10.7 Å². The first-order valence-electron chi connectivity index (χ1n) is 10.5. The highest BCUT2D eigenvalue weighted by atomic mass is 32.2. The third-order valence-corrected chi connectivity index (χ3v) is 6.68. The summed E-state index contributed by atoms with van der Waals surface area (Å²) < 4.78 is 27.7. The second kappa shape index (κ2) is 10.0. The van der Waals surface area contributed by atoms with E-state index >= 15 is 0 Å². The maximum atomic E-state index is 14.3. The lowest BCUT2D eigenvalue weighted by molar-refractivity contribution is 0.319. The predicted molar refractivity (Wildman–Crippen MR) is 129 cm³/mol. The van der Waals surface area contributed by atoms with Gasteiger partial charge in [0.2, 0.25) is 0 Å². The van der Waals surface area contributed by atoms with Crippen LogP contribution in [0.15, 0.2) is 59.8 Å². The molecule has 0 aliphatic rings. The van der Waals surface area contributed by atoms with Crippen LogP contribution in [0.1, 0.15) is 12.5 Å². The van der Waals surface area contributed by atoms with Gasteiger partial charge in [-0.2, -0.15) is 5.26 Å². The van der Waals surface area contributed by atoms with Gasteiger partial charge in [-0.15, -0.1) is 0 Å². The van der Waals surface area contributed by atoms with Gasteiger partial charge in [0.25, 0.3) is 0 Å². The molecule has 0 saturated heterocycles. The fourth-order valence-electron chi connectivity index (χ4n) is 3.78. The van der Waals surface area contributed by atoms with Gasteiger partial charge in [0.05, 0.1) is 23.1 Å². The highest BCUT2D eigenvalue weighted by Gasteiger charge is 2.30. The van der Waals surface area contributed by atoms with E-state index < -0.39 is 17.0 Å². The molecule has 0 fully saturated rings. The number of aliphatic hydroxyl groups is 1. The lowest BCUT2D eigenvalue weighted by atomic mass is 10.0. The molecule has 172 valence electrons. The van der Waals surface area contributed by atoms with E-state index in [0.29, 0.717) is 39.3 Å². The summed E-state index contributed by atoms with van der Waals surface area (Å²) in [6.45, 7) is 1.89. The van der Waals surface area contributed by atoms with Gasteiger partial charge in [-0.25, -0.2) is 19.3 Å². The minimum atomic E-state index is -1.68. The van der Waals surface area contributed by atoms with Gasteiger partial charge in [0.1, 0.15) is 41.2 Å². The van der Waals surface area contributed by atoms with Crippen LogP contribution in [0.5, 0.6) is 0 Å². The lowest BCUT2D eigenvalue weighted by Gasteiger charge is -2.27. The van der Waals surface area contributed by atoms with Crippen molar-refractivity contribution in [3.8, 4) is 17.2 Å². The van der Waals surface area contributed by atoms with Crippen LogP contribution in [-0.2, 0) is 11.2 Å². The molecule has 0 saturated carbocycles. The first-order chi connectivity index (χ1) is 16.5. The Morgan fingerprint density at radius 3 is 2.62 bits per heavy atom. The molecule has 0 bridgehead atoms. The summed E-state index contributed by atoms with van der Waals surface area (Å²) in [6.07, 6.45) is 1.26. The molecule has 0 aliphatic heterocycles. The molecule has 0 spiro atoms. The molecule has 2 heterocycles. The standard InChI is InChI=1S/C24H21FN6O2S/c1-2-31(23-18(13-26)22(27)28-14-29-23)24-20(15-6-4-3-5-7-15)21(34(33)11-10-32)17-12-16(25)8-9-19(17)30-24/h3-9,12,14,32H,2,10-11H2,1H3,(H2,27,28,29). The van der Waals surface area contributed by atoms with Crippen molar-refractivity contribution in [1.82, 2.24) is 15.0 Å². The largest absolute Gasteiger partial charge is 0.611 e. The number of anilines is 3. The molecule has 2 aromatic heterocycles. The third kappa shape index (κ3) is 4.24. The molecule has 2 aromatic carbocycles. The van der Waals surface area contributed by atoms with Crippen LogP contribution in [-0.4, -0.2) is 43.5 Å². The van der Waals surface area contributed by atoms with Crippen molar-refractivity contribution >= 4 is 39.5 Å². The molecule has 3 N–H and O–H groups in total. The Morgan fingerprint density at radius 2 is 1.94 bits per heavy atom. The van der Waals surface area contributed by atoms with Gasteiger partial charge in [-0.05, 0) is 41.9 Å². The number of nitrogens with two attached hydrogens (primary N) is 1. The molecule has 0 aliphatic carbocycles. The van der Waals surface area contributed by atoms with Crippen molar-refractivity contribution < 1.29 is 14.0 Å². The number of nitrogen functional groups attached to an aromatic ring is 1. The number of aliphatic hydroxyl groups excluding tert-OH is 1. The van der Waals surface area contributed by atoms with E-state index in [1.54, 1.807) is 4.90 Å². The topological polar surface area (TPSA) is 135 Å². The van der Waals surface area contributed by atoms with Gasteiger partial charge < -0.3 is 20.3 Å². The summed E-state index contributed by atoms with van der Waals surface area (Å²) in [5.74, 6) is 0.127. The van der Waals surface area contributed by atoms with Crippen molar-refractivity contribution in [2.24, 2.45) is 0 Å². The summed E-state index contributed by atoms with van der Waals surface area (Å²) in [5, 5.41) is 19.6. The van der Waals surface area contributed by atoms with Crippen LogP contribution in [0.4, 0.5) is 21.8 Å². The zero-order chi connectivity index (χ0) is 24.2. The smallest absolute Gasteiger partial charge is 0.173 e. The molecular formula is C24H21FN6O2S. The SMILES string of the molecule is CCN(c1ncnc(N)c1C#N)c1nc2ccc(F)cc2c([S+]([O-])CCO)c1-c1ccccc1. The molecule has 0 amide bonds. The van der Waals surface area contributed by atoms with Gasteiger partial charge in [-0.3, -0.25) is 0 Å². The van der Waals surface area contributed by atoms with E-state index in [0.717, 1.165) is 0 Å². The van der Waals surface area contributed by atoms with Gasteiger partial charge in [0.15, 0.2) is 10.7 Å². The first kappa shape index (κ1) is 23.4. The summed E-state index contributed by atoms with van der Waals surface area (Å²) >= 11 is -1.68. The molecular weight excluding hydrogens is 455 g/mol. The fourth-order valence-corrected chi connectivity index (χ4v) is 4.99. The number of benzene rings is 2. The number of nitriles is 1. The monoisotopic (exact) mass is 476 g/mol. The van der Waals surface area contributed by atoms with E-state index in [2.05, 4.69) is 9.97 Å². The van der Waals surface area contributed by atoms with Crippen LogP contribution in [0.25, 0.3) is 22.0 Å². The highest BCUT2D eigenvalue weighted by Crippen LogP contribution is 2.42. The van der Waals surface area contributed by atoms with Crippen molar-refractivity contribution in [3.63, 3.8) is 0 Å². The van der Waals surface area contributed by atoms with Crippen molar-refractivity contribution in [2.75, 3.05) is 29.5 Å². The molecule has 1 unspecified atom stereocenters. The molecule has 1 atom stereocenters. The normalized spacial score (nSPS) is 11.9. The van der Waals surface area contributed by atoms with Crippen molar-refractivity contribution in [2.45, 2.75) is 11.8 Å². The molecule has 34 heavy (non-hydrogen) atoms. The van der Waals surface area contributed by atoms with Crippen LogP contribution in [0.3, 0.4) is 0 Å². The Balaban J connectivity index is 2.14. The summed E-state index contributed by atoms with van der Waals surface area (Å²) in [7, 11) is 0. The Hall–Kier alpha value is -3.78. The maximum Gasteiger partial charge on any atom is 0.173 e. The first-order valence-corrected chi connectivity index (χ1v) is 11.8. The molecule has 4 rings (SSSR count). The average Bonchev–Trinajstić information content (AvgIpc) is 2.84. The summed E-state index contributed by atoms with van der Waals surface area (Å²) in [5.41, 5.74) is 7.62. The van der Waals surface area contributed by atoms with E-state index in [1.165, 1.54) is 24.5 Å². The highest BCUT2D eigenvalue weighted by molar-refractivity contribution is 7.91. The van der Waals surface area contributed by atoms with Crippen LogP contribution >= 0.6 is 0 Å². The van der Waals surface area contributed by atoms with E-state index in [1.807, 2.05) is 43.3 Å². The zero-order valence-electron chi connectivity index (χ0n) is 18.3. The Bertz CT molecular complexity index is 1380. The Labute approximate surface area is 198 Å². The Kier molecular flexibility index (Phi) is 6.88. The maximum absolute atomic E-state index is 14.3. The van der Waals surface area contributed by atoms with E-state index in [-0.39, 0.29) is 29.6 Å². The second-order valence-electron chi connectivity index (χ2n) is 7.25. The number of pyridine rings is 1. The van der Waals surface area contributed by atoms with Gasteiger partial charge >= 0.3 is 0 Å². The fraction of sp³-hybridized carbons (Fsp3) is 0.167. The van der Waals surface area contributed by atoms with Crippen LogP contribution in [0.2, 0.25) is 0 Å². The Morgan fingerprint density at radius 1 is 1.18 bits per heavy atom. The average molecular weight is 477 g/mol. The molecule has 8 nitrogen and oxygen atoms in total. The second-order valence-corrected chi connectivity index (χ2v) is 8.76. The quantitative estimate of drug-likeness (QED) is 0.387. The number of fused-ring (bicyclic) bond motifs is 1. The number of aromatic nitrogens is 3. The zero-order valence-corrected chi connectivity index (χ0v) is 19.1. The number of hydrogen-bond acceptors (Lipinski definition) is 8. The minimum absolute atomic E-state index is 0.0270. The number of hydrogen-bond donors (Lipinski definition) is 2. The number of nitrogens with zero attached hydrogens (tertiary/aromatic N) is 5. The molecule has 0 radical (unpaired) electrons. The number of rotatable bonds is 7. The molecule has 4 aromatic rings. The van der Waals surface area contributed by atoms with Crippen molar-refractivity contribution in [3.05, 3.63) is 66.2 Å². The van der Waals surface area contributed by atoms with Gasteiger partial charge in [0, 0.05) is 6.54 Å². The third-order valence-electron chi connectivity index (χ3n) is 5.24. The summed E-state index contributed by atoms with van der Waals surface area (Å²) in [4.78, 5) is 15.0. The van der Waals surface area contributed by atoms with Crippen LogP contribution in [0, 0.1) is 17.1 Å². The lowest BCUT2D eigenvalue weighted by Crippen LogP contribution is -2.23. The van der Waals surface area contributed by atoms with Crippen molar-refractivity contribution in [1.29, 1.82) is 5.26 Å². The van der Waals surface area contributed by atoms with Gasteiger partial charge in [-0.1, -0.05) is 30.3 Å². The predicted octanol–water partition coefficient (Wildman–Crippen LogP) is 3.54.